The van der Waals surface area contributed by atoms with Gasteiger partial charge in [0.2, 0.25) is 0 Å². The van der Waals surface area contributed by atoms with Gasteiger partial charge >= 0.3 is 0 Å². The van der Waals surface area contributed by atoms with E-state index in [4.69, 9.17) is 9.47 Å². The Bertz CT molecular complexity index is 467. The Morgan fingerprint density at radius 3 is 2.68 bits per heavy atom. The molecule has 1 saturated heterocycles. The molecule has 1 heterocycles. The Morgan fingerprint density at radius 1 is 1.36 bits per heavy atom. The van der Waals surface area contributed by atoms with Crippen molar-refractivity contribution in [3.05, 3.63) is 29.8 Å². The van der Waals surface area contributed by atoms with E-state index >= 15 is 0 Å². The summed E-state index contributed by atoms with van der Waals surface area (Å²) in [5.41, 5.74) is 1.05. The molecule has 2 rings (SSSR count). The normalized spacial score (nSPS) is 19.7. The molecule has 2 N–H and O–H groups in total. The minimum absolute atomic E-state index is 0.0582. The first-order valence-electron chi connectivity index (χ1n) is 7.91. The third kappa shape index (κ3) is 5.00. The van der Waals surface area contributed by atoms with Gasteiger partial charge in [0.1, 0.15) is 11.9 Å². The molecule has 0 aliphatic carbocycles. The van der Waals surface area contributed by atoms with Crippen LogP contribution in [0.15, 0.2) is 24.3 Å². The van der Waals surface area contributed by atoms with Crippen LogP contribution in [0.1, 0.15) is 32.4 Å². The van der Waals surface area contributed by atoms with E-state index in [2.05, 4.69) is 24.5 Å². The van der Waals surface area contributed by atoms with Crippen molar-refractivity contribution in [3.63, 3.8) is 0 Å². The number of hydrogen-bond acceptors (Lipinski definition) is 4. The molecular weight excluding hydrogens is 280 g/mol. The van der Waals surface area contributed by atoms with Gasteiger partial charge in [-0.05, 0) is 30.5 Å². The third-order valence-corrected chi connectivity index (χ3v) is 3.54. The molecule has 1 fully saturated rings. The fourth-order valence-corrected chi connectivity index (χ4v) is 2.24. The van der Waals surface area contributed by atoms with Crippen LogP contribution in [-0.4, -0.2) is 38.3 Å². The summed E-state index contributed by atoms with van der Waals surface area (Å²) in [6, 6.07) is 7.80. The van der Waals surface area contributed by atoms with E-state index in [1.54, 1.807) is 0 Å². The second kappa shape index (κ2) is 8.15. The fraction of sp³-hybridized carbons (Fsp3) is 0.588. The summed E-state index contributed by atoms with van der Waals surface area (Å²) in [6.07, 6.45) is -0.398. The van der Waals surface area contributed by atoms with Crippen molar-refractivity contribution >= 4 is 5.91 Å². The highest BCUT2D eigenvalue weighted by molar-refractivity contribution is 5.81. The first-order chi connectivity index (χ1) is 10.6. The quantitative estimate of drug-likeness (QED) is 0.842. The van der Waals surface area contributed by atoms with Gasteiger partial charge in [0.15, 0.2) is 0 Å². The Labute approximate surface area is 132 Å². The maximum Gasteiger partial charge on any atom is 0.250 e. The Morgan fingerprint density at radius 2 is 2.09 bits per heavy atom. The summed E-state index contributed by atoms with van der Waals surface area (Å²) in [5, 5.41) is 6.15. The third-order valence-electron chi connectivity index (χ3n) is 3.54. The van der Waals surface area contributed by atoms with Gasteiger partial charge in [-0.25, -0.2) is 0 Å². The predicted octanol–water partition coefficient (Wildman–Crippen LogP) is 1.89. The molecule has 0 aromatic heterocycles. The number of carbonyl (C=O) groups excluding carboxylic acids is 1. The lowest BCUT2D eigenvalue weighted by Gasteiger charge is -2.24. The number of hydrogen-bond donors (Lipinski definition) is 2. The summed E-state index contributed by atoms with van der Waals surface area (Å²) in [5.74, 6) is 1.29. The summed E-state index contributed by atoms with van der Waals surface area (Å²) in [6.45, 7) is 8.87. The van der Waals surface area contributed by atoms with Crippen LogP contribution in [0.3, 0.4) is 0 Å². The van der Waals surface area contributed by atoms with Gasteiger partial charge in [0, 0.05) is 13.1 Å². The molecular formula is C17H26N2O3. The zero-order chi connectivity index (χ0) is 15.9. The zero-order valence-electron chi connectivity index (χ0n) is 13.6. The predicted molar refractivity (Wildman–Crippen MR) is 85.9 cm³/mol. The van der Waals surface area contributed by atoms with Crippen molar-refractivity contribution in [1.82, 2.24) is 10.6 Å². The van der Waals surface area contributed by atoms with E-state index in [9.17, 15) is 4.79 Å². The van der Waals surface area contributed by atoms with Crippen molar-refractivity contribution in [3.8, 4) is 5.75 Å². The Hall–Kier alpha value is -1.59. The first-order valence-corrected chi connectivity index (χ1v) is 7.91. The molecule has 22 heavy (non-hydrogen) atoms. The largest absolute Gasteiger partial charge is 0.493 e. The van der Waals surface area contributed by atoms with Crippen molar-refractivity contribution in [2.75, 3.05) is 26.3 Å². The van der Waals surface area contributed by atoms with Crippen molar-refractivity contribution in [2.24, 2.45) is 5.92 Å². The molecule has 0 saturated carbocycles. The molecule has 1 aliphatic rings. The van der Waals surface area contributed by atoms with Crippen LogP contribution in [-0.2, 0) is 9.53 Å². The monoisotopic (exact) mass is 306 g/mol. The Balaban J connectivity index is 1.86. The number of benzene rings is 1. The van der Waals surface area contributed by atoms with Crippen LogP contribution in [0.4, 0.5) is 0 Å². The fourth-order valence-electron chi connectivity index (χ4n) is 2.24. The Kier molecular flexibility index (Phi) is 6.21. The lowest BCUT2D eigenvalue weighted by atomic mass is 10.1. The maximum absolute atomic E-state index is 12.1. The second-order valence-electron chi connectivity index (χ2n) is 6.07. The van der Waals surface area contributed by atoms with Gasteiger partial charge in [-0.1, -0.05) is 26.0 Å². The molecule has 1 aliphatic heterocycles. The lowest BCUT2D eigenvalue weighted by Crippen LogP contribution is -2.48. The van der Waals surface area contributed by atoms with Gasteiger partial charge < -0.3 is 20.1 Å². The molecule has 1 aromatic rings. The van der Waals surface area contributed by atoms with Crippen LogP contribution in [0.25, 0.3) is 0 Å². The van der Waals surface area contributed by atoms with Gasteiger partial charge in [0.05, 0.1) is 19.3 Å². The number of rotatable bonds is 6. The average molecular weight is 306 g/mol. The number of amides is 1. The SMILES string of the molecule is CC(C)COc1ccc(C(C)NC(=O)C2CNCCO2)cc1. The van der Waals surface area contributed by atoms with E-state index in [1.165, 1.54) is 0 Å². The van der Waals surface area contributed by atoms with Gasteiger partial charge in [-0.15, -0.1) is 0 Å². The zero-order valence-corrected chi connectivity index (χ0v) is 13.6. The molecule has 0 spiro atoms. The van der Waals surface area contributed by atoms with Crippen LogP contribution >= 0.6 is 0 Å². The molecule has 122 valence electrons. The molecule has 5 heteroatoms. The first kappa shape index (κ1) is 16.8. The summed E-state index contributed by atoms with van der Waals surface area (Å²) in [7, 11) is 0. The standard InChI is InChI=1S/C17H26N2O3/c1-12(2)11-22-15-6-4-14(5-7-15)13(3)19-17(20)16-10-18-8-9-21-16/h4-7,12-13,16,18H,8-11H2,1-3H3,(H,19,20). The van der Waals surface area contributed by atoms with Crippen molar-refractivity contribution in [2.45, 2.75) is 32.9 Å². The highest BCUT2D eigenvalue weighted by Crippen LogP contribution is 2.18. The van der Waals surface area contributed by atoms with Crippen LogP contribution in [0.2, 0.25) is 0 Å². The smallest absolute Gasteiger partial charge is 0.250 e. The van der Waals surface area contributed by atoms with E-state index in [-0.39, 0.29) is 11.9 Å². The van der Waals surface area contributed by atoms with Crippen molar-refractivity contribution in [1.29, 1.82) is 0 Å². The van der Waals surface area contributed by atoms with E-state index in [0.717, 1.165) is 17.9 Å². The topological polar surface area (TPSA) is 59.6 Å². The number of ether oxygens (including phenoxy) is 2. The molecule has 2 unspecified atom stereocenters. The highest BCUT2D eigenvalue weighted by atomic mass is 16.5. The molecule has 1 amide bonds. The highest BCUT2D eigenvalue weighted by Gasteiger charge is 2.23. The molecule has 5 nitrogen and oxygen atoms in total. The van der Waals surface area contributed by atoms with Crippen LogP contribution in [0, 0.1) is 5.92 Å². The second-order valence-corrected chi connectivity index (χ2v) is 6.07. The van der Waals surface area contributed by atoms with Gasteiger partial charge in [-0.2, -0.15) is 0 Å². The summed E-state index contributed by atoms with van der Waals surface area (Å²) in [4.78, 5) is 12.1. The minimum atomic E-state index is -0.398. The number of carbonyl (C=O) groups is 1. The maximum atomic E-state index is 12.1. The van der Waals surface area contributed by atoms with E-state index < -0.39 is 6.10 Å². The van der Waals surface area contributed by atoms with E-state index in [1.807, 2.05) is 31.2 Å². The van der Waals surface area contributed by atoms with Gasteiger partial charge in [-0.3, -0.25) is 4.79 Å². The van der Waals surface area contributed by atoms with Crippen LogP contribution < -0.4 is 15.4 Å². The minimum Gasteiger partial charge on any atom is -0.493 e. The van der Waals surface area contributed by atoms with E-state index in [0.29, 0.717) is 25.7 Å². The molecule has 0 bridgehead atoms. The van der Waals surface area contributed by atoms with Crippen LogP contribution in [0.5, 0.6) is 5.75 Å². The summed E-state index contributed by atoms with van der Waals surface area (Å²) < 4.78 is 11.1. The average Bonchev–Trinajstić information content (AvgIpc) is 2.54. The number of nitrogens with one attached hydrogen (secondary N) is 2. The molecule has 1 aromatic carbocycles. The van der Waals surface area contributed by atoms with Crippen molar-refractivity contribution < 1.29 is 14.3 Å². The summed E-state index contributed by atoms with van der Waals surface area (Å²) >= 11 is 0. The lowest BCUT2D eigenvalue weighted by molar-refractivity contribution is -0.134. The number of morpholine rings is 1. The molecule has 2 atom stereocenters. The van der Waals surface area contributed by atoms with Gasteiger partial charge in [0.25, 0.3) is 5.91 Å². The molecule has 0 radical (unpaired) electrons.